The molecule has 0 saturated heterocycles. The molecule has 0 fully saturated rings. The van der Waals surface area contributed by atoms with Gasteiger partial charge in [-0.3, -0.25) is 9.78 Å². The largest absolute Gasteiger partial charge is 0.497 e. The third-order valence-electron chi connectivity index (χ3n) is 6.15. The van der Waals surface area contributed by atoms with Crippen LogP contribution >= 0.6 is 0 Å². The van der Waals surface area contributed by atoms with Crippen LogP contribution in [0.3, 0.4) is 0 Å². The third-order valence-corrected chi connectivity index (χ3v) is 6.15. The van der Waals surface area contributed by atoms with E-state index in [1.807, 2.05) is 72.9 Å². The highest BCUT2D eigenvalue weighted by molar-refractivity contribution is 5.89. The van der Waals surface area contributed by atoms with E-state index < -0.39 is 0 Å². The summed E-state index contributed by atoms with van der Waals surface area (Å²) in [6.07, 6.45) is 11.9. The summed E-state index contributed by atoms with van der Waals surface area (Å²) in [5.74, 6) is 1.85. The Hall–Kier alpha value is -3.86. The first-order chi connectivity index (χ1) is 17.5. The Morgan fingerprint density at radius 3 is 2.06 bits per heavy atom. The number of rotatable bonds is 12. The highest BCUT2D eigenvalue weighted by Crippen LogP contribution is 2.27. The van der Waals surface area contributed by atoms with Gasteiger partial charge < -0.3 is 14.8 Å². The molecular formula is C31H36N2O3. The highest BCUT2D eigenvalue weighted by atomic mass is 16.5. The first-order valence-electron chi connectivity index (χ1n) is 12.4. The van der Waals surface area contributed by atoms with Crippen LogP contribution in [0, 0.1) is 5.92 Å². The number of carbonyl (C=O) groups is 1. The number of benzene rings is 2. The van der Waals surface area contributed by atoms with Gasteiger partial charge in [0.05, 0.1) is 14.2 Å². The lowest BCUT2D eigenvalue weighted by Gasteiger charge is -2.21. The third kappa shape index (κ3) is 8.12. The molecule has 0 radical (unpaired) electrons. The maximum atomic E-state index is 12.7. The second kappa shape index (κ2) is 13.9. The minimum atomic E-state index is -0.0878. The van der Waals surface area contributed by atoms with Gasteiger partial charge in [0, 0.05) is 24.5 Å². The smallest absolute Gasteiger partial charge is 0.244 e. The summed E-state index contributed by atoms with van der Waals surface area (Å²) in [5.41, 5.74) is 4.28. The van der Waals surface area contributed by atoms with E-state index in [1.54, 1.807) is 26.5 Å². The Balaban J connectivity index is 1.69. The fourth-order valence-electron chi connectivity index (χ4n) is 4.01. The molecule has 0 aliphatic heterocycles. The molecular weight excluding hydrogens is 448 g/mol. The molecule has 1 N–H and O–H groups in total. The molecule has 3 rings (SSSR count). The van der Waals surface area contributed by atoms with Crippen molar-refractivity contribution < 1.29 is 14.3 Å². The summed E-state index contributed by atoms with van der Waals surface area (Å²) in [6, 6.07) is 20.0. The Bertz CT molecular complexity index is 1090. The van der Waals surface area contributed by atoms with Gasteiger partial charge in [-0.1, -0.05) is 56.3 Å². The van der Waals surface area contributed by atoms with Crippen LogP contribution in [-0.2, 0) is 11.2 Å². The summed E-state index contributed by atoms with van der Waals surface area (Å²) >= 11 is 0. The molecule has 1 heterocycles. The predicted octanol–water partition coefficient (Wildman–Crippen LogP) is 6.25. The molecule has 0 saturated carbocycles. The van der Waals surface area contributed by atoms with Gasteiger partial charge in [0.2, 0.25) is 5.91 Å². The van der Waals surface area contributed by atoms with Crippen LogP contribution < -0.4 is 14.8 Å². The van der Waals surface area contributed by atoms with Crippen molar-refractivity contribution in [1.82, 2.24) is 10.3 Å². The quantitative estimate of drug-likeness (QED) is 0.244. The normalized spacial score (nSPS) is 11.8. The zero-order valence-corrected chi connectivity index (χ0v) is 21.6. The zero-order chi connectivity index (χ0) is 25.8. The first kappa shape index (κ1) is 26.7. The van der Waals surface area contributed by atoms with Crippen molar-refractivity contribution in [3.63, 3.8) is 0 Å². The fourth-order valence-corrected chi connectivity index (χ4v) is 4.01. The van der Waals surface area contributed by atoms with Gasteiger partial charge in [0.15, 0.2) is 0 Å². The standard InChI is InChI=1S/C31H36N2O3/c1-23(2)30(11-5-8-24-9-7-21-32-22-24)33-31(34)12-6-10-29(25-13-17-27(35-3)18-14-25)26-15-19-28(36-4)20-16-26/h6-7,9-10,12-23,30H,5,8,11H2,1-4H3,(H,33,34)/t30-/m1/s1. The molecule has 1 amide bonds. The predicted molar refractivity (Wildman–Crippen MR) is 146 cm³/mol. The number of hydrogen-bond donors (Lipinski definition) is 1. The van der Waals surface area contributed by atoms with E-state index >= 15 is 0 Å². The maximum absolute atomic E-state index is 12.7. The average molecular weight is 485 g/mol. The number of nitrogens with zero attached hydrogens (tertiary/aromatic N) is 1. The van der Waals surface area contributed by atoms with Crippen molar-refractivity contribution in [2.24, 2.45) is 5.92 Å². The molecule has 5 heteroatoms. The van der Waals surface area contributed by atoms with E-state index in [2.05, 4.69) is 30.2 Å². The summed E-state index contributed by atoms with van der Waals surface area (Å²) in [5, 5.41) is 3.18. The van der Waals surface area contributed by atoms with Crippen molar-refractivity contribution in [2.75, 3.05) is 14.2 Å². The Morgan fingerprint density at radius 2 is 1.56 bits per heavy atom. The Morgan fingerprint density at radius 1 is 0.944 bits per heavy atom. The van der Waals surface area contributed by atoms with Crippen LogP contribution in [0.1, 0.15) is 43.4 Å². The number of methoxy groups -OCH3 is 2. The number of pyridine rings is 1. The molecule has 0 spiro atoms. The van der Waals surface area contributed by atoms with Crippen molar-refractivity contribution >= 4 is 11.5 Å². The number of nitrogens with one attached hydrogen (secondary N) is 1. The van der Waals surface area contributed by atoms with E-state index in [-0.39, 0.29) is 11.9 Å². The number of allylic oxidation sites excluding steroid dienone is 2. The number of aromatic nitrogens is 1. The average Bonchev–Trinajstić information content (AvgIpc) is 2.91. The number of hydrogen-bond acceptors (Lipinski definition) is 4. The van der Waals surface area contributed by atoms with Gasteiger partial charge >= 0.3 is 0 Å². The van der Waals surface area contributed by atoms with Crippen LogP contribution in [0.2, 0.25) is 0 Å². The first-order valence-corrected chi connectivity index (χ1v) is 12.4. The molecule has 2 aromatic carbocycles. The Labute approximate surface area is 214 Å². The van der Waals surface area contributed by atoms with E-state index in [1.165, 1.54) is 5.56 Å². The van der Waals surface area contributed by atoms with Crippen LogP contribution in [0.4, 0.5) is 0 Å². The van der Waals surface area contributed by atoms with Crippen LogP contribution in [0.5, 0.6) is 11.5 Å². The van der Waals surface area contributed by atoms with Gasteiger partial charge in [0.1, 0.15) is 11.5 Å². The monoisotopic (exact) mass is 484 g/mol. The molecule has 1 atom stereocenters. The summed E-state index contributed by atoms with van der Waals surface area (Å²) in [6.45, 7) is 4.29. The van der Waals surface area contributed by atoms with Crippen LogP contribution in [-0.4, -0.2) is 31.2 Å². The highest BCUT2D eigenvalue weighted by Gasteiger charge is 2.14. The SMILES string of the molecule is COc1ccc(C(=CC=CC(=O)N[C@H](CCCc2cccnc2)C(C)C)c2ccc(OC)cc2)cc1. The van der Waals surface area contributed by atoms with Crippen molar-refractivity contribution in [2.45, 2.75) is 39.2 Å². The van der Waals surface area contributed by atoms with E-state index in [9.17, 15) is 4.79 Å². The van der Waals surface area contributed by atoms with E-state index in [0.717, 1.165) is 47.5 Å². The molecule has 0 aliphatic carbocycles. The topological polar surface area (TPSA) is 60.5 Å². The molecule has 3 aromatic rings. The second-order valence-corrected chi connectivity index (χ2v) is 9.01. The minimum Gasteiger partial charge on any atom is -0.497 e. The molecule has 5 nitrogen and oxygen atoms in total. The molecule has 0 aliphatic rings. The van der Waals surface area contributed by atoms with E-state index in [4.69, 9.17) is 9.47 Å². The number of aryl methyl sites for hydroxylation is 1. The zero-order valence-electron chi connectivity index (χ0n) is 21.6. The second-order valence-electron chi connectivity index (χ2n) is 9.01. The van der Waals surface area contributed by atoms with E-state index in [0.29, 0.717) is 5.92 Å². The molecule has 1 aromatic heterocycles. The summed E-state index contributed by atoms with van der Waals surface area (Å²) < 4.78 is 10.6. The van der Waals surface area contributed by atoms with Crippen molar-refractivity contribution in [3.05, 3.63) is 108 Å². The minimum absolute atomic E-state index is 0.0878. The van der Waals surface area contributed by atoms with Crippen LogP contribution in [0.25, 0.3) is 5.57 Å². The Kier molecular flexibility index (Phi) is 10.3. The van der Waals surface area contributed by atoms with Gasteiger partial charge in [-0.15, -0.1) is 0 Å². The number of amides is 1. The van der Waals surface area contributed by atoms with Crippen molar-refractivity contribution in [3.8, 4) is 11.5 Å². The summed E-state index contributed by atoms with van der Waals surface area (Å²) in [7, 11) is 3.31. The summed E-state index contributed by atoms with van der Waals surface area (Å²) in [4.78, 5) is 16.9. The molecule has 188 valence electrons. The van der Waals surface area contributed by atoms with Gasteiger partial charge in [-0.05, 0) is 77.8 Å². The lowest BCUT2D eigenvalue weighted by Crippen LogP contribution is -2.37. The number of carbonyl (C=O) groups excluding carboxylic acids is 1. The lowest BCUT2D eigenvalue weighted by atomic mass is 9.96. The molecule has 0 bridgehead atoms. The lowest BCUT2D eigenvalue weighted by molar-refractivity contribution is -0.117. The van der Waals surface area contributed by atoms with Gasteiger partial charge in [0.25, 0.3) is 0 Å². The maximum Gasteiger partial charge on any atom is 0.244 e. The van der Waals surface area contributed by atoms with Crippen molar-refractivity contribution in [1.29, 1.82) is 0 Å². The van der Waals surface area contributed by atoms with Gasteiger partial charge in [-0.25, -0.2) is 0 Å². The van der Waals surface area contributed by atoms with Gasteiger partial charge in [-0.2, -0.15) is 0 Å². The fraction of sp³-hybridized carbons (Fsp3) is 0.290. The number of ether oxygens (including phenoxy) is 2. The molecule has 36 heavy (non-hydrogen) atoms. The molecule has 0 unspecified atom stereocenters. The van der Waals surface area contributed by atoms with Crippen LogP contribution in [0.15, 0.2) is 91.3 Å².